The minimum absolute atomic E-state index is 0.0298. The van der Waals surface area contributed by atoms with Crippen LogP contribution in [0, 0.1) is 12.8 Å². The Balaban J connectivity index is 1.19. The topological polar surface area (TPSA) is 53.5 Å². The van der Waals surface area contributed by atoms with E-state index in [4.69, 9.17) is 16.6 Å². The summed E-state index contributed by atoms with van der Waals surface area (Å²) in [4.78, 5) is 34.9. The molecule has 5 rings (SSSR count). The quantitative estimate of drug-likeness (QED) is 0.495. The van der Waals surface area contributed by atoms with Gasteiger partial charge in [0.2, 0.25) is 5.91 Å². The van der Waals surface area contributed by atoms with E-state index in [1.807, 2.05) is 59.2 Å². The minimum atomic E-state index is -0.103. The summed E-state index contributed by atoms with van der Waals surface area (Å²) in [5.41, 5.74) is 2.80. The van der Waals surface area contributed by atoms with Crippen LogP contribution in [-0.4, -0.2) is 52.8 Å². The number of piperidine rings is 2. The summed E-state index contributed by atoms with van der Waals surface area (Å²) in [7, 11) is 0. The van der Waals surface area contributed by atoms with Crippen molar-refractivity contribution < 1.29 is 9.59 Å². The molecule has 0 spiro atoms. The fraction of sp³-hybridized carbons (Fsp3) is 0.423. The van der Waals surface area contributed by atoms with Gasteiger partial charge in [0, 0.05) is 42.7 Å². The van der Waals surface area contributed by atoms with Gasteiger partial charge in [-0.1, -0.05) is 29.3 Å². The Labute approximate surface area is 203 Å². The van der Waals surface area contributed by atoms with Crippen LogP contribution < -0.4 is 0 Å². The molecule has 0 saturated carbocycles. The van der Waals surface area contributed by atoms with Crippen LogP contribution in [0.5, 0.6) is 0 Å². The molecule has 33 heavy (non-hydrogen) atoms. The summed E-state index contributed by atoms with van der Waals surface area (Å²) >= 11 is 7.84. The molecule has 2 saturated heterocycles. The Morgan fingerprint density at radius 2 is 1.76 bits per heavy atom. The highest BCUT2D eigenvalue weighted by Crippen LogP contribution is 2.35. The maximum absolute atomic E-state index is 13.3. The van der Waals surface area contributed by atoms with Crippen molar-refractivity contribution in [2.75, 3.05) is 26.2 Å². The number of aryl methyl sites for hydroxylation is 1. The number of carbonyl (C=O) groups excluding carboxylic acids is 2. The SMILES string of the molecule is Cc1ccc(C(=O)N2CCCC(C(=O)N3CCC(c4nc5cc(Cl)ccc5s4)CC3)C2)cc1. The number of nitrogens with zero attached hydrogens (tertiary/aromatic N) is 3. The van der Waals surface area contributed by atoms with Crippen LogP contribution in [-0.2, 0) is 4.79 Å². The van der Waals surface area contributed by atoms with Gasteiger partial charge in [0.15, 0.2) is 0 Å². The van der Waals surface area contributed by atoms with Gasteiger partial charge in [0.25, 0.3) is 5.91 Å². The number of rotatable bonds is 3. The van der Waals surface area contributed by atoms with Gasteiger partial charge in [-0.15, -0.1) is 11.3 Å². The molecule has 2 aromatic carbocycles. The Morgan fingerprint density at radius 3 is 2.52 bits per heavy atom. The molecular weight excluding hydrogens is 454 g/mol. The van der Waals surface area contributed by atoms with Crippen molar-refractivity contribution in [1.82, 2.24) is 14.8 Å². The molecule has 5 nitrogen and oxygen atoms in total. The molecule has 1 atom stereocenters. The summed E-state index contributed by atoms with van der Waals surface area (Å²) in [6.45, 7) is 4.76. The van der Waals surface area contributed by atoms with E-state index in [9.17, 15) is 9.59 Å². The Kier molecular flexibility index (Phi) is 6.39. The number of thiazole rings is 1. The monoisotopic (exact) mass is 481 g/mol. The lowest BCUT2D eigenvalue weighted by molar-refractivity contribution is -0.138. The number of benzene rings is 2. The molecule has 2 aliphatic heterocycles. The van der Waals surface area contributed by atoms with E-state index in [1.165, 1.54) is 0 Å². The van der Waals surface area contributed by atoms with Crippen molar-refractivity contribution in [1.29, 1.82) is 0 Å². The molecule has 172 valence electrons. The van der Waals surface area contributed by atoms with Crippen LogP contribution in [0.1, 0.15) is 52.5 Å². The largest absolute Gasteiger partial charge is 0.342 e. The maximum atomic E-state index is 13.3. The number of amides is 2. The molecule has 1 aromatic heterocycles. The number of likely N-dealkylation sites (tertiary alicyclic amines) is 2. The molecule has 7 heteroatoms. The number of hydrogen-bond acceptors (Lipinski definition) is 4. The number of halogens is 1. The van der Waals surface area contributed by atoms with Crippen LogP contribution in [0.2, 0.25) is 5.02 Å². The van der Waals surface area contributed by atoms with Crippen molar-refractivity contribution in [3.8, 4) is 0 Å². The van der Waals surface area contributed by atoms with Crippen molar-refractivity contribution in [3.05, 3.63) is 63.6 Å². The normalized spacial score (nSPS) is 19.8. The van der Waals surface area contributed by atoms with Gasteiger partial charge in [-0.25, -0.2) is 4.98 Å². The third-order valence-electron chi connectivity index (χ3n) is 6.88. The third kappa shape index (κ3) is 4.78. The van der Waals surface area contributed by atoms with E-state index in [-0.39, 0.29) is 17.7 Å². The molecule has 0 radical (unpaired) electrons. The molecule has 3 aromatic rings. The average molecular weight is 482 g/mol. The van der Waals surface area contributed by atoms with E-state index in [1.54, 1.807) is 11.3 Å². The molecule has 3 heterocycles. The Bertz CT molecular complexity index is 1170. The number of hydrogen-bond donors (Lipinski definition) is 0. The molecule has 2 fully saturated rings. The van der Waals surface area contributed by atoms with Gasteiger partial charge >= 0.3 is 0 Å². The lowest BCUT2D eigenvalue weighted by atomic mass is 9.92. The van der Waals surface area contributed by atoms with Gasteiger partial charge in [0.1, 0.15) is 0 Å². The minimum Gasteiger partial charge on any atom is -0.342 e. The first-order valence-corrected chi connectivity index (χ1v) is 12.9. The zero-order valence-electron chi connectivity index (χ0n) is 18.8. The van der Waals surface area contributed by atoms with Crippen LogP contribution in [0.15, 0.2) is 42.5 Å². The van der Waals surface area contributed by atoms with Crippen molar-refractivity contribution in [2.45, 2.75) is 38.5 Å². The van der Waals surface area contributed by atoms with Gasteiger partial charge in [0.05, 0.1) is 21.1 Å². The Hall–Kier alpha value is -2.44. The van der Waals surface area contributed by atoms with Crippen LogP contribution in [0.3, 0.4) is 0 Å². The van der Waals surface area contributed by atoms with Gasteiger partial charge in [-0.2, -0.15) is 0 Å². The van der Waals surface area contributed by atoms with E-state index in [2.05, 4.69) is 0 Å². The predicted molar refractivity (Wildman–Crippen MR) is 133 cm³/mol. The van der Waals surface area contributed by atoms with Gasteiger partial charge in [-0.05, 0) is 62.9 Å². The first kappa shape index (κ1) is 22.4. The Morgan fingerprint density at radius 1 is 1.00 bits per heavy atom. The summed E-state index contributed by atoms with van der Waals surface area (Å²) in [5.74, 6) is 0.513. The molecule has 1 unspecified atom stereocenters. The highest BCUT2D eigenvalue weighted by atomic mass is 35.5. The van der Waals surface area contributed by atoms with E-state index >= 15 is 0 Å². The second-order valence-corrected chi connectivity index (χ2v) is 10.7. The number of fused-ring (bicyclic) bond motifs is 1. The van der Waals surface area contributed by atoms with Crippen molar-refractivity contribution in [2.24, 2.45) is 5.92 Å². The lowest BCUT2D eigenvalue weighted by Gasteiger charge is -2.37. The fourth-order valence-corrected chi connectivity index (χ4v) is 6.22. The van der Waals surface area contributed by atoms with Crippen LogP contribution >= 0.6 is 22.9 Å². The first-order valence-electron chi connectivity index (χ1n) is 11.7. The average Bonchev–Trinajstić information content (AvgIpc) is 3.27. The summed E-state index contributed by atoms with van der Waals surface area (Å²) < 4.78 is 1.16. The lowest BCUT2D eigenvalue weighted by Crippen LogP contribution is -2.48. The smallest absolute Gasteiger partial charge is 0.253 e. The van der Waals surface area contributed by atoms with E-state index in [0.717, 1.165) is 66.1 Å². The maximum Gasteiger partial charge on any atom is 0.253 e. The number of aromatic nitrogens is 1. The van der Waals surface area contributed by atoms with Gasteiger partial charge < -0.3 is 9.80 Å². The zero-order valence-corrected chi connectivity index (χ0v) is 20.4. The van der Waals surface area contributed by atoms with Crippen LogP contribution in [0.4, 0.5) is 0 Å². The van der Waals surface area contributed by atoms with Crippen molar-refractivity contribution >= 4 is 45.0 Å². The molecule has 2 aliphatic rings. The molecule has 0 aliphatic carbocycles. The van der Waals surface area contributed by atoms with E-state index < -0.39 is 0 Å². The fourth-order valence-electron chi connectivity index (χ4n) is 4.94. The highest BCUT2D eigenvalue weighted by molar-refractivity contribution is 7.18. The highest BCUT2D eigenvalue weighted by Gasteiger charge is 2.34. The molecule has 0 N–H and O–H groups in total. The van der Waals surface area contributed by atoms with Crippen LogP contribution in [0.25, 0.3) is 10.2 Å². The number of carbonyl (C=O) groups is 2. The second kappa shape index (κ2) is 9.43. The summed E-state index contributed by atoms with van der Waals surface area (Å²) in [6.07, 6.45) is 3.59. The zero-order chi connectivity index (χ0) is 22.9. The predicted octanol–water partition coefficient (Wildman–Crippen LogP) is 5.52. The van der Waals surface area contributed by atoms with E-state index in [0.29, 0.717) is 23.0 Å². The second-order valence-electron chi connectivity index (χ2n) is 9.22. The standard InChI is InChI=1S/C26H28ClN3O2S/c1-17-4-6-19(7-5-17)25(31)30-12-2-3-20(16-30)26(32)29-13-10-18(11-14-29)24-28-22-15-21(27)8-9-23(22)33-24/h4-9,15,18,20H,2-3,10-14,16H2,1H3. The molecule has 2 amide bonds. The van der Waals surface area contributed by atoms with Crippen molar-refractivity contribution in [3.63, 3.8) is 0 Å². The first-order chi connectivity index (χ1) is 16.0. The summed E-state index contributed by atoms with van der Waals surface area (Å²) in [5, 5.41) is 1.86. The molecule has 0 bridgehead atoms. The molecular formula is C26H28ClN3O2S. The summed E-state index contributed by atoms with van der Waals surface area (Å²) in [6, 6.07) is 13.5. The van der Waals surface area contributed by atoms with Gasteiger partial charge in [-0.3, -0.25) is 9.59 Å². The third-order valence-corrected chi connectivity index (χ3v) is 8.31.